The maximum atomic E-state index is 10.2. The van der Waals surface area contributed by atoms with Crippen molar-refractivity contribution in [3.63, 3.8) is 0 Å². The van der Waals surface area contributed by atoms with Gasteiger partial charge in [0, 0.05) is 0 Å². The van der Waals surface area contributed by atoms with Crippen molar-refractivity contribution in [1.82, 2.24) is 0 Å². The molecule has 64 valence electrons. The van der Waals surface area contributed by atoms with Gasteiger partial charge in [0.2, 0.25) is 0 Å². The molecule has 0 saturated heterocycles. The third-order valence-corrected chi connectivity index (χ3v) is 1.84. The van der Waals surface area contributed by atoms with Crippen LogP contribution in [0.4, 0.5) is 0 Å². The van der Waals surface area contributed by atoms with E-state index in [9.17, 15) is 4.79 Å². The van der Waals surface area contributed by atoms with E-state index >= 15 is 0 Å². The van der Waals surface area contributed by atoms with Gasteiger partial charge in [-0.3, -0.25) is 4.79 Å². The van der Waals surface area contributed by atoms with E-state index in [1.165, 1.54) is 0 Å². The summed E-state index contributed by atoms with van der Waals surface area (Å²) in [5.41, 5.74) is 2.07. The molecular formula is C10H12O2. The predicted octanol–water partition coefficient (Wildman–Crippen LogP) is 2.09. The van der Waals surface area contributed by atoms with Crippen molar-refractivity contribution in [2.45, 2.75) is 20.3 Å². The molecule has 12 heavy (non-hydrogen) atoms. The first-order valence-corrected chi connectivity index (χ1v) is 3.98. The Balaban J connectivity index is 3.10. The van der Waals surface area contributed by atoms with Gasteiger partial charge in [0.25, 0.3) is 6.47 Å². The van der Waals surface area contributed by atoms with Crippen molar-refractivity contribution in [3.8, 4) is 5.75 Å². The monoisotopic (exact) mass is 164 g/mol. The van der Waals surface area contributed by atoms with E-state index in [4.69, 9.17) is 4.74 Å². The van der Waals surface area contributed by atoms with Gasteiger partial charge in [0.15, 0.2) is 0 Å². The van der Waals surface area contributed by atoms with E-state index in [-0.39, 0.29) is 0 Å². The Bertz CT molecular complexity index is 279. The van der Waals surface area contributed by atoms with Gasteiger partial charge in [0.05, 0.1) is 0 Å². The zero-order chi connectivity index (χ0) is 8.97. The van der Waals surface area contributed by atoms with Crippen LogP contribution in [0, 0.1) is 6.92 Å². The molecule has 2 nitrogen and oxygen atoms in total. The number of carbonyl (C=O) groups excluding carboxylic acids is 1. The van der Waals surface area contributed by atoms with Gasteiger partial charge >= 0.3 is 0 Å². The average Bonchev–Trinajstić information content (AvgIpc) is 2.09. The summed E-state index contributed by atoms with van der Waals surface area (Å²) < 4.78 is 4.88. The number of hydrogen-bond acceptors (Lipinski definition) is 2. The maximum absolute atomic E-state index is 10.2. The highest BCUT2D eigenvalue weighted by molar-refractivity contribution is 5.51. The fourth-order valence-electron chi connectivity index (χ4n) is 1.21. The highest BCUT2D eigenvalue weighted by Gasteiger charge is 2.03. The lowest BCUT2D eigenvalue weighted by Crippen LogP contribution is -1.95. The SMILES string of the molecule is CCc1cccc(C)c1OC=O. The molecule has 0 spiro atoms. The number of rotatable bonds is 3. The molecule has 1 aromatic rings. The molecule has 0 N–H and O–H groups in total. The second kappa shape index (κ2) is 3.90. The van der Waals surface area contributed by atoms with Gasteiger partial charge in [-0.15, -0.1) is 0 Å². The molecule has 0 aliphatic rings. The van der Waals surface area contributed by atoms with E-state index in [0.717, 1.165) is 17.5 Å². The fraction of sp³-hybridized carbons (Fsp3) is 0.300. The molecule has 0 unspecified atom stereocenters. The summed E-state index contributed by atoms with van der Waals surface area (Å²) in [6.45, 7) is 4.44. The Hall–Kier alpha value is -1.31. The third kappa shape index (κ3) is 1.64. The van der Waals surface area contributed by atoms with E-state index in [0.29, 0.717) is 12.2 Å². The molecule has 0 aliphatic carbocycles. The van der Waals surface area contributed by atoms with Crippen molar-refractivity contribution >= 4 is 6.47 Å². The summed E-state index contributed by atoms with van der Waals surface area (Å²) in [6.07, 6.45) is 0.880. The zero-order valence-electron chi connectivity index (χ0n) is 7.33. The molecular weight excluding hydrogens is 152 g/mol. The topological polar surface area (TPSA) is 26.3 Å². The molecule has 1 rings (SSSR count). The van der Waals surface area contributed by atoms with Gasteiger partial charge < -0.3 is 4.74 Å². The molecule has 0 heterocycles. The van der Waals surface area contributed by atoms with Crippen LogP contribution < -0.4 is 4.74 Å². The summed E-state index contributed by atoms with van der Waals surface area (Å²) in [6, 6.07) is 5.86. The van der Waals surface area contributed by atoms with Gasteiger partial charge in [0.1, 0.15) is 5.75 Å². The van der Waals surface area contributed by atoms with Crippen LogP contribution in [-0.2, 0) is 11.2 Å². The van der Waals surface area contributed by atoms with Crippen LogP contribution in [-0.4, -0.2) is 6.47 Å². The van der Waals surface area contributed by atoms with Crippen molar-refractivity contribution in [2.24, 2.45) is 0 Å². The van der Waals surface area contributed by atoms with Gasteiger partial charge in [-0.25, -0.2) is 0 Å². The molecule has 2 heteroatoms. The van der Waals surface area contributed by atoms with E-state index in [1.54, 1.807) is 0 Å². The maximum Gasteiger partial charge on any atom is 0.298 e. The predicted molar refractivity (Wildman–Crippen MR) is 47.2 cm³/mol. The normalized spacial score (nSPS) is 9.50. The highest BCUT2D eigenvalue weighted by atomic mass is 16.5. The average molecular weight is 164 g/mol. The van der Waals surface area contributed by atoms with Crippen LogP contribution in [0.15, 0.2) is 18.2 Å². The van der Waals surface area contributed by atoms with E-state index in [2.05, 4.69) is 0 Å². The van der Waals surface area contributed by atoms with Crippen molar-refractivity contribution in [1.29, 1.82) is 0 Å². The Kier molecular flexibility index (Phi) is 2.86. The molecule has 0 aliphatic heterocycles. The lowest BCUT2D eigenvalue weighted by molar-refractivity contribution is -0.120. The number of para-hydroxylation sites is 1. The van der Waals surface area contributed by atoms with Gasteiger partial charge in [-0.2, -0.15) is 0 Å². The third-order valence-electron chi connectivity index (χ3n) is 1.84. The van der Waals surface area contributed by atoms with Crippen LogP contribution in [0.2, 0.25) is 0 Å². The minimum absolute atomic E-state index is 0.474. The van der Waals surface area contributed by atoms with Crippen LogP contribution in [0.3, 0.4) is 0 Å². The fourth-order valence-corrected chi connectivity index (χ4v) is 1.21. The second-order valence-electron chi connectivity index (χ2n) is 2.63. The zero-order valence-corrected chi connectivity index (χ0v) is 7.33. The Morgan fingerprint density at radius 1 is 1.50 bits per heavy atom. The first-order chi connectivity index (χ1) is 5.79. The summed E-state index contributed by atoms with van der Waals surface area (Å²) in [5.74, 6) is 0.704. The van der Waals surface area contributed by atoms with Crippen LogP contribution in [0.25, 0.3) is 0 Å². The Morgan fingerprint density at radius 2 is 2.25 bits per heavy atom. The minimum Gasteiger partial charge on any atom is -0.428 e. The number of carbonyl (C=O) groups is 1. The van der Waals surface area contributed by atoms with E-state index in [1.807, 2.05) is 32.0 Å². The smallest absolute Gasteiger partial charge is 0.298 e. The summed E-state index contributed by atoms with van der Waals surface area (Å²) >= 11 is 0. The molecule has 0 atom stereocenters. The second-order valence-corrected chi connectivity index (χ2v) is 2.63. The number of hydrogen-bond donors (Lipinski definition) is 0. The lowest BCUT2D eigenvalue weighted by atomic mass is 10.1. The van der Waals surface area contributed by atoms with Crippen molar-refractivity contribution in [2.75, 3.05) is 0 Å². The number of ether oxygens (including phenoxy) is 1. The van der Waals surface area contributed by atoms with Gasteiger partial charge in [-0.1, -0.05) is 25.1 Å². The summed E-state index contributed by atoms with van der Waals surface area (Å²) in [7, 11) is 0. The standard InChI is InChI=1S/C10H12O2/c1-3-9-6-4-5-8(2)10(9)12-7-11/h4-7H,3H2,1-2H3. The largest absolute Gasteiger partial charge is 0.428 e. The van der Waals surface area contributed by atoms with Crippen molar-refractivity contribution in [3.05, 3.63) is 29.3 Å². The van der Waals surface area contributed by atoms with Crippen LogP contribution in [0.1, 0.15) is 18.1 Å². The van der Waals surface area contributed by atoms with Crippen LogP contribution >= 0.6 is 0 Å². The molecule has 0 aromatic heterocycles. The van der Waals surface area contributed by atoms with Gasteiger partial charge in [-0.05, 0) is 24.5 Å². The Labute approximate surface area is 72.2 Å². The number of aryl methyl sites for hydroxylation is 2. The minimum atomic E-state index is 0.474. The van der Waals surface area contributed by atoms with Crippen LogP contribution in [0.5, 0.6) is 5.75 Å². The molecule has 0 fully saturated rings. The van der Waals surface area contributed by atoms with Crippen molar-refractivity contribution < 1.29 is 9.53 Å². The highest BCUT2D eigenvalue weighted by Crippen LogP contribution is 2.22. The first-order valence-electron chi connectivity index (χ1n) is 3.98. The lowest BCUT2D eigenvalue weighted by Gasteiger charge is -2.07. The number of benzene rings is 1. The molecule has 0 radical (unpaired) electrons. The molecule has 0 amide bonds. The Morgan fingerprint density at radius 3 is 2.83 bits per heavy atom. The first kappa shape index (κ1) is 8.78. The molecule has 0 saturated carbocycles. The summed E-state index contributed by atoms with van der Waals surface area (Å²) in [4.78, 5) is 10.2. The molecule has 0 bridgehead atoms. The quantitative estimate of drug-likeness (QED) is 0.639. The van der Waals surface area contributed by atoms with E-state index < -0.39 is 0 Å². The molecule has 1 aromatic carbocycles. The summed E-state index contributed by atoms with van der Waals surface area (Å²) in [5, 5.41) is 0.